The van der Waals surface area contributed by atoms with Crippen LogP contribution in [-0.2, 0) is 17.5 Å². The molecule has 0 spiro atoms. The summed E-state index contributed by atoms with van der Waals surface area (Å²) in [7, 11) is 0. The number of carbonyl (C=O) groups is 1. The van der Waals surface area contributed by atoms with Crippen molar-refractivity contribution in [2.75, 3.05) is 36.4 Å². The third-order valence-corrected chi connectivity index (χ3v) is 6.91. The van der Waals surface area contributed by atoms with Crippen LogP contribution in [0.1, 0.15) is 36.8 Å². The van der Waals surface area contributed by atoms with Crippen LogP contribution in [0.2, 0.25) is 0 Å². The highest BCUT2D eigenvalue weighted by Gasteiger charge is 2.32. The topological polar surface area (TPSA) is 108 Å². The van der Waals surface area contributed by atoms with Crippen LogP contribution in [0.3, 0.4) is 0 Å². The van der Waals surface area contributed by atoms with Crippen LogP contribution in [-0.4, -0.2) is 64.2 Å². The van der Waals surface area contributed by atoms with Gasteiger partial charge in [-0.15, -0.1) is 0 Å². The van der Waals surface area contributed by atoms with Gasteiger partial charge in [-0.2, -0.15) is 17.6 Å². The predicted octanol–water partition coefficient (Wildman–Crippen LogP) is 2.77. The van der Waals surface area contributed by atoms with E-state index in [1.165, 1.54) is 18.5 Å². The Balaban J connectivity index is 1.45. The number of hydrogen-bond acceptors (Lipinski definition) is 7. The molecule has 1 aromatic carbocycles. The van der Waals surface area contributed by atoms with E-state index in [9.17, 15) is 23.1 Å². The molecule has 12 heteroatoms. The molecule has 1 amide bonds. The molecule has 2 fully saturated rings. The SMILES string of the molecule is NC(=O)CN1CC[C@@H](CNc2ncnc(N(Cc3ccc(C(F)(F)F)cc3)C3CCC3)c2F)[C@H](O)C1. The first-order chi connectivity index (χ1) is 17.1. The van der Waals surface area contributed by atoms with Crippen LogP contribution in [0.4, 0.5) is 29.2 Å². The van der Waals surface area contributed by atoms with Crippen molar-refractivity contribution in [3.8, 4) is 0 Å². The minimum atomic E-state index is -4.42. The monoisotopic (exact) mass is 510 g/mol. The maximum Gasteiger partial charge on any atom is 0.416 e. The van der Waals surface area contributed by atoms with E-state index in [2.05, 4.69) is 15.3 Å². The van der Waals surface area contributed by atoms with Crippen molar-refractivity contribution in [2.45, 2.75) is 50.6 Å². The van der Waals surface area contributed by atoms with Gasteiger partial charge in [0.1, 0.15) is 6.33 Å². The number of aliphatic hydroxyl groups excluding tert-OH is 1. The Bertz CT molecular complexity index is 1050. The Labute approximate surface area is 206 Å². The number of anilines is 2. The molecule has 0 radical (unpaired) electrons. The van der Waals surface area contributed by atoms with Gasteiger partial charge in [0.2, 0.25) is 11.7 Å². The van der Waals surface area contributed by atoms with E-state index in [4.69, 9.17) is 5.73 Å². The third kappa shape index (κ3) is 6.22. The first-order valence-corrected chi connectivity index (χ1v) is 12.0. The summed E-state index contributed by atoms with van der Waals surface area (Å²) in [6.45, 7) is 1.47. The van der Waals surface area contributed by atoms with Crippen LogP contribution in [0.5, 0.6) is 0 Å². The second-order valence-corrected chi connectivity index (χ2v) is 9.47. The highest BCUT2D eigenvalue weighted by Crippen LogP contribution is 2.34. The number of rotatable bonds is 9. The van der Waals surface area contributed by atoms with Crippen LogP contribution in [0.15, 0.2) is 30.6 Å². The molecule has 2 aliphatic rings. The van der Waals surface area contributed by atoms with Crippen LogP contribution < -0.4 is 16.0 Å². The second-order valence-electron chi connectivity index (χ2n) is 9.47. The number of halogens is 4. The number of aromatic nitrogens is 2. The van der Waals surface area contributed by atoms with E-state index in [0.717, 1.165) is 31.4 Å². The molecule has 1 aliphatic heterocycles. The van der Waals surface area contributed by atoms with E-state index in [1.807, 2.05) is 0 Å². The minimum Gasteiger partial charge on any atom is -0.391 e. The van der Waals surface area contributed by atoms with Crippen molar-refractivity contribution in [3.63, 3.8) is 0 Å². The largest absolute Gasteiger partial charge is 0.416 e. The average Bonchev–Trinajstić information content (AvgIpc) is 2.77. The molecular weight excluding hydrogens is 480 g/mol. The molecule has 0 bridgehead atoms. The quantitative estimate of drug-likeness (QED) is 0.446. The van der Waals surface area contributed by atoms with Gasteiger partial charge in [0.25, 0.3) is 0 Å². The van der Waals surface area contributed by atoms with Crippen molar-refractivity contribution in [3.05, 3.63) is 47.5 Å². The summed E-state index contributed by atoms with van der Waals surface area (Å²) in [5.74, 6) is -1.17. The zero-order valence-electron chi connectivity index (χ0n) is 19.7. The normalized spacial score (nSPS) is 21.1. The Morgan fingerprint density at radius 2 is 1.92 bits per heavy atom. The standard InChI is InChI=1S/C24H30F4N6O2/c25-21-22(30-10-16-8-9-33(12-19(16)35)13-20(29)36)31-14-32-23(21)34(18-2-1-3-18)11-15-4-6-17(7-5-15)24(26,27)28/h4-7,14,16,18-19,35H,1-3,8-13H2,(H2,29,36)(H,30,31,32)/t16-,19+/m0/s1. The summed E-state index contributed by atoms with van der Waals surface area (Å²) in [4.78, 5) is 22.9. The number of benzene rings is 1. The lowest BCUT2D eigenvalue weighted by Gasteiger charge is -2.39. The van der Waals surface area contributed by atoms with Gasteiger partial charge < -0.3 is 21.1 Å². The Hall–Kier alpha value is -2.99. The number of amides is 1. The zero-order valence-corrected chi connectivity index (χ0v) is 19.7. The molecule has 1 saturated carbocycles. The lowest BCUT2D eigenvalue weighted by molar-refractivity contribution is -0.137. The molecule has 1 aliphatic carbocycles. The lowest BCUT2D eigenvalue weighted by Crippen LogP contribution is -2.48. The lowest BCUT2D eigenvalue weighted by atomic mass is 9.91. The zero-order chi connectivity index (χ0) is 25.9. The number of nitrogens with two attached hydrogens (primary N) is 1. The van der Waals surface area contributed by atoms with E-state index in [1.54, 1.807) is 9.80 Å². The molecule has 4 rings (SSSR count). The van der Waals surface area contributed by atoms with Crippen molar-refractivity contribution in [1.29, 1.82) is 0 Å². The predicted molar refractivity (Wildman–Crippen MR) is 125 cm³/mol. The number of hydrogen-bond donors (Lipinski definition) is 3. The fourth-order valence-electron chi connectivity index (χ4n) is 4.63. The van der Waals surface area contributed by atoms with Crippen LogP contribution in [0, 0.1) is 11.7 Å². The van der Waals surface area contributed by atoms with Gasteiger partial charge >= 0.3 is 6.18 Å². The summed E-state index contributed by atoms with van der Waals surface area (Å²) >= 11 is 0. The van der Waals surface area contributed by atoms with E-state index < -0.39 is 29.6 Å². The fourth-order valence-corrected chi connectivity index (χ4v) is 4.63. The molecule has 36 heavy (non-hydrogen) atoms. The number of likely N-dealkylation sites (tertiary alicyclic amines) is 1. The summed E-state index contributed by atoms with van der Waals surface area (Å²) in [6, 6.07) is 4.88. The van der Waals surface area contributed by atoms with Crippen molar-refractivity contribution >= 4 is 17.5 Å². The maximum absolute atomic E-state index is 15.5. The molecular formula is C24H30F4N6O2. The number of primary amides is 1. The van der Waals surface area contributed by atoms with Gasteiger partial charge in [-0.1, -0.05) is 12.1 Å². The Morgan fingerprint density at radius 1 is 1.19 bits per heavy atom. The first kappa shape index (κ1) is 26.1. The Kier molecular flexibility index (Phi) is 7.94. The van der Waals surface area contributed by atoms with Crippen molar-refractivity contribution in [2.24, 2.45) is 11.7 Å². The van der Waals surface area contributed by atoms with Crippen molar-refractivity contribution in [1.82, 2.24) is 14.9 Å². The summed E-state index contributed by atoms with van der Waals surface area (Å²) in [5, 5.41) is 13.4. The van der Waals surface area contributed by atoms with Gasteiger partial charge in [0.05, 0.1) is 18.2 Å². The number of β-amino-alcohol motifs (C(OH)–C–C–N with tert-alkyl or cyclic N) is 1. The second kappa shape index (κ2) is 11.0. The number of nitrogens with zero attached hydrogens (tertiary/aromatic N) is 4. The number of alkyl halides is 3. The van der Waals surface area contributed by atoms with Gasteiger partial charge in [-0.3, -0.25) is 9.69 Å². The molecule has 8 nitrogen and oxygen atoms in total. The number of piperidine rings is 1. The van der Waals surface area contributed by atoms with Crippen LogP contribution >= 0.6 is 0 Å². The molecule has 2 aromatic rings. The Morgan fingerprint density at radius 3 is 2.50 bits per heavy atom. The van der Waals surface area contributed by atoms with Gasteiger partial charge in [0.15, 0.2) is 11.6 Å². The molecule has 2 atom stereocenters. The maximum atomic E-state index is 15.5. The number of nitrogens with one attached hydrogen (secondary N) is 1. The first-order valence-electron chi connectivity index (χ1n) is 12.0. The molecule has 4 N–H and O–H groups in total. The summed E-state index contributed by atoms with van der Waals surface area (Å²) < 4.78 is 54.3. The fraction of sp³-hybridized carbons (Fsp3) is 0.542. The highest BCUT2D eigenvalue weighted by molar-refractivity contribution is 5.75. The number of aliphatic hydroxyl groups is 1. The number of carbonyl (C=O) groups excluding carboxylic acids is 1. The minimum absolute atomic E-state index is 0.00325. The highest BCUT2D eigenvalue weighted by atomic mass is 19.4. The molecule has 1 saturated heterocycles. The average molecular weight is 511 g/mol. The van der Waals surface area contributed by atoms with E-state index >= 15 is 4.39 Å². The summed E-state index contributed by atoms with van der Waals surface area (Å²) in [6.07, 6.45) is -0.614. The molecule has 1 aromatic heterocycles. The third-order valence-electron chi connectivity index (χ3n) is 6.91. The van der Waals surface area contributed by atoms with E-state index in [-0.39, 0.29) is 43.2 Å². The summed E-state index contributed by atoms with van der Waals surface area (Å²) in [5.41, 5.74) is 5.11. The van der Waals surface area contributed by atoms with E-state index in [0.29, 0.717) is 25.1 Å². The van der Waals surface area contributed by atoms with Gasteiger partial charge in [-0.05, 0) is 49.9 Å². The van der Waals surface area contributed by atoms with Gasteiger partial charge in [-0.25, -0.2) is 9.97 Å². The van der Waals surface area contributed by atoms with Gasteiger partial charge in [0, 0.05) is 31.6 Å². The smallest absolute Gasteiger partial charge is 0.391 e. The molecule has 0 unspecified atom stereocenters. The molecule has 196 valence electrons. The van der Waals surface area contributed by atoms with Crippen LogP contribution in [0.25, 0.3) is 0 Å². The van der Waals surface area contributed by atoms with Crippen molar-refractivity contribution < 1.29 is 27.5 Å². The molecule has 2 heterocycles.